The van der Waals surface area contributed by atoms with E-state index in [1.807, 2.05) is 13.8 Å². The van der Waals surface area contributed by atoms with Gasteiger partial charge in [0.25, 0.3) is 0 Å². The maximum absolute atomic E-state index is 12.6. The van der Waals surface area contributed by atoms with Gasteiger partial charge < -0.3 is 5.11 Å². The number of hydrogen-bond donors (Lipinski definition) is 1. The van der Waals surface area contributed by atoms with Crippen molar-refractivity contribution >= 4 is 29.1 Å². The summed E-state index contributed by atoms with van der Waals surface area (Å²) < 4.78 is 0. The molecule has 0 saturated carbocycles. The molecule has 2 unspecified atom stereocenters. The lowest BCUT2D eigenvalue weighted by Crippen LogP contribution is -2.41. The van der Waals surface area contributed by atoms with Gasteiger partial charge in [0.15, 0.2) is 6.04 Å². The van der Waals surface area contributed by atoms with Crippen LogP contribution in [0.5, 0.6) is 0 Å². The van der Waals surface area contributed by atoms with Gasteiger partial charge in [-0.05, 0) is 24.3 Å². The first-order valence-electron chi connectivity index (χ1n) is 6.41. The van der Waals surface area contributed by atoms with Gasteiger partial charge in [-0.15, -0.1) is 11.3 Å². The lowest BCUT2D eigenvalue weighted by Gasteiger charge is -2.28. The van der Waals surface area contributed by atoms with Crippen molar-refractivity contribution in [2.45, 2.75) is 33.2 Å². The molecule has 1 aliphatic heterocycles. The topological polar surface area (TPSA) is 74.7 Å². The van der Waals surface area contributed by atoms with Crippen LogP contribution in [0.1, 0.15) is 38.1 Å². The molecular weight excluding hydrogens is 278 g/mol. The van der Waals surface area contributed by atoms with Crippen molar-refractivity contribution in [1.82, 2.24) is 4.90 Å². The Morgan fingerprint density at radius 3 is 2.50 bits per heavy atom. The summed E-state index contributed by atoms with van der Waals surface area (Å²) in [4.78, 5) is 37.7. The summed E-state index contributed by atoms with van der Waals surface area (Å²) in [7, 11) is 0. The Morgan fingerprint density at radius 1 is 1.45 bits per heavy atom. The average Bonchev–Trinajstić information content (AvgIpc) is 2.93. The molecule has 6 heteroatoms. The van der Waals surface area contributed by atoms with E-state index in [4.69, 9.17) is 0 Å². The number of carbonyl (C=O) groups is 3. The van der Waals surface area contributed by atoms with Crippen molar-refractivity contribution in [3.05, 3.63) is 22.4 Å². The Balaban J connectivity index is 2.43. The van der Waals surface area contributed by atoms with E-state index in [0.29, 0.717) is 4.88 Å². The van der Waals surface area contributed by atoms with E-state index in [9.17, 15) is 19.5 Å². The van der Waals surface area contributed by atoms with Crippen molar-refractivity contribution in [1.29, 1.82) is 0 Å². The van der Waals surface area contributed by atoms with Gasteiger partial charge in [0.2, 0.25) is 11.8 Å². The highest BCUT2D eigenvalue weighted by Crippen LogP contribution is 2.43. The molecule has 1 aliphatic rings. The quantitative estimate of drug-likeness (QED) is 0.865. The van der Waals surface area contributed by atoms with E-state index in [0.717, 1.165) is 4.90 Å². The van der Waals surface area contributed by atoms with Crippen LogP contribution in [-0.2, 0) is 14.4 Å². The standard InChI is InChI=1S/C14H17NO4S/c1-8(2)14(3)7-10(16)15(13(14)19)11(12(17)18)9-5-4-6-20-9/h4-6,8,11H,7H2,1-3H3,(H,17,18). The Morgan fingerprint density at radius 2 is 2.10 bits per heavy atom. The Labute approximate surface area is 121 Å². The molecule has 0 spiro atoms. The smallest absolute Gasteiger partial charge is 0.332 e. The van der Waals surface area contributed by atoms with Crippen molar-refractivity contribution < 1.29 is 19.5 Å². The number of hydrogen-bond acceptors (Lipinski definition) is 4. The number of amides is 2. The summed E-state index contributed by atoms with van der Waals surface area (Å²) in [5.74, 6) is -2.01. The number of thiophene rings is 1. The number of carboxylic acid groups (broad SMARTS) is 1. The molecule has 1 aromatic heterocycles. The van der Waals surface area contributed by atoms with Crippen LogP contribution in [0.25, 0.3) is 0 Å². The molecular formula is C14H17NO4S. The third kappa shape index (κ3) is 2.14. The fraction of sp³-hybridized carbons (Fsp3) is 0.500. The number of carboxylic acids is 1. The van der Waals surface area contributed by atoms with Gasteiger partial charge >= 0.3 is 5.97 Å². The van der Waals surface area contributed by atoms with E-state index in [1.54, 1.807) is 24.4 Å². The second-order valence-electron chi connectivity index (χ2n) is 5.57. The number of rotatable bonds is 4. The fourth-order valence-corrected chi connectivity index (χ4v) is 3.19. The van der Waals surface area contributed by atoms with Gasteiger partial charge in [0.05, 0.1) is 5.41 Å². The molecule has 1 saturated heterocycles. The SMILES string of the molecule is CC(C)C1(C)CC(=O)N(C(C(=O)O)c2cccs2)C1=O. The zero-order valence-corrected chi connectivity index (χ0v) is 12.4. The van der Waals surface area contributed by atoms with Gasteiger partial charge in [-0.2, -0.15) is 0 Å². The monoisotopic (exact) mass is 295 g/mol. The zero-order chi connectivity index (χ0) is 15.1. The lowest BCUT2D eigenvalue weighted by molar-refractivity contribution is -0.156. The largest absolute Gasteiger partial charge is 0.479 e. The van der Waals surface area contributed by atoms with E-state index < -0.39 is 29.2 Å². The summed E-state index contributed by atoms with van der Waals surface area (Å²) in [5.41, 5.74) is -0.817. The highest BCUT2D eigenvalue weighted by Gasteiger charge is 2.53. The fourth-order valence-electron chi connectivity index (χ4n) is 2.38. The number of carbonyl (C=O) groups excluding carboxylic acids is 2. The first-order valence-corrected chi connectivity index (χ1v) is 7.29. The zero-order valence-electron chi connectivity index (χ0n) is 11.6. The number of likely N-dealkylation sites (tertiary alicyclic amines) is 1. The minimum Gasteiger partial charge on any atom is -0.479 e. The lowest BCUT2D eigenvalue weighted by atomic mass is 9.78. The Kier molecular flexibility index (Phi) is 3.69. The number of imide groups is 1. The van der Waals surface area contributed by atoms with E-state index >= 15 is 0 Å². The van der Waals surface area contributed by atoms with Crippen LogP contribution in [0.3, 0.4) is 0 Å². The molecule has 1 N–H and O–H groups in total. The summed E-state index contributed by atoms with van der Waals surface area (Å²) in [6.45, 7) is 5.47. The molecule has 0 bridgehead atoms. The van der Waals surface area contributed by atoms with Gasteiger partial charge in [-0.3, -0.25) is 14.5 Å². The molecule has 5 nitrogen and oxygen atoms in total. The second-order valence-corrected chi connectivity index (χ2v) is 6.55. The normalized spacial score (nSPS) is 24.5. The van der Waals surface area contributed by atoms with Crippen molar-refractivity contribution in [3.63, 3.8) is 0 Å². The Bertz CT molecular complexity index is 552. The highest BCUT2D eigenvalue weighted by atomic mass is 32.1. The number of aliphatic carboxylic acids is 1. The van der Waals surface area contributed by atoms with Crippen LogP contribution in [0.2, 0.25) is 0 Å². The van der Waals surface area contributed by atoms with Crippen LogP contribution in [0, 0.1) is 11.3 Å². The molecule has 2 amide bonds. The summed E-state index contributed by atoms with van der Waals surface area (Å²) in [5, 5.41) is 11.1. The van der Waals surface area contributed by atoms with Crippen molar-refractivity contribution in [2.75, 3.05) is 0 Å². The molecule has 0 radical (unpaired) electrons. The summed E-state index contributed by atoms with van der Waals surface area (Å²) in [6, 6.07) is 2.13. The molecule has 0 aromatic carbocycles. The van der Waals surface area contributed by atoms with E-state index in [-0.39, 0.29) is 12.3 Å². The molecule has 20 heavy (non-hydrogen) atoms. The predicted octanol–water partition coefficient (Wildman–Crippen LogP) is 2.30. The molecule has 1 aromatic rings. The van der Waals surface area contributed by atoms with Crippen LogP contribution in [-0.4, -0.2) is 27.8 Å². The van der Waals surface area contributed by atoms with E-state index in [1.165, 1.54) is 11.3 Å². The molecule has 0 aliphatic carbocycles. The minimum absolute atomic E-state index is 0.0262. The molecule has 2 rings (SSSR count). The molecule has 108 valence electrons. The van der Waals surface area contributed by atoms with E-state index in [2.05, 4.69) is 0 Å². The van der Waals surface area contributed by atoms with Crippen LogP contribution < -0.4 is 0 Å². The van der Waals surface area contributed by atoms with Crippen molar-refractivity contribution in [3.8, 4) is 0 Å². The Hall–Kier alpha value is -1.69. The number of nitrogens with zero attached hydrogens (tertiary/aromatic N) is 1. The maximum Gasteiger partial charge on any atom is 0.332 e. The van der Waals surface area contributed by atoms with Gasteiger partial charge in [-0.25, -0.2) is 4.79 Å². The molecule has 1 fully saturated rings. The third-order valence-electron chi connectivity index (χ3n) is 4.07. The first kappa shape index (κ1) is 14.7. The predicted molar refractivity (Wildman–Crippen MR) is 74.1 cm³/mol. The highest BCUT2D eigenvalue weighted by molar-refractivity contribution is 7.10. The van der Waals surface area contributed by atoms with Crippen molar-refractivity contribution in [2.24, 2.45) is 11.3 Å². The second kappa shape index (κ2) is 5.01. The van der Waals surface area contributed by atoms with Crippen LogP contribution >= 0.6 is 11.3 Å². The minimum atomic E-state index is -1.21. The van der Waals surface area contributed by atoms with Crippen LogP contribution in [0.15, 0.2) is 17.5 Å². The van der Waals surface area contributed by atoms with Crippen LogP contribution in [0.4, 0.5) is 0 Å². The summed E-state index contributed by atoms with van der Waals surface area (Å²) >= 11 is 1.23. The molecule has 2 atom stereocenters. The summed E-state index contributed by atoms with van der Waals surface area (Å²) in [6.07, 6.45) is 0.0681. The van der Waals surface area contributed by atoms with Gasteiger partial charge in [0.1, 0.15) is 0 Å². The molecule has 2 heterocycles. The van der Waals surface area contributed by atoms with Gasteiger partial charge in [-0.1, -0.05) is 19.9 Å². The van der Waals surface area contributed by atoms with Gasteiger partial charge in [0, 0.05) is 11.3 Å². The maximum atomic E-state index is 12.6. The third-order valence-corrected chi connectivity index (χ3v) is 5.00. The average molecular weight is 295 g/mol. The first-order chi connectivity index (χ1) is 9.29.